The van der Waals surface area contributed by atoms with Gasteiger partial charge in [-0.25, -0.2) is 4.98 Å². The number of allylic oxidation sites excluding steroid dienone is 2. The van der Waals surface area contributed by atoms with Crippen molar-refractivity contribution < 1.29 is 14.3 Å². The Kier molecular flexibility index (Phi) is 5.15. The number of anilines is 1. The molecule has 3 heterocycles. The summed E-state index contributed by atoms with van der Waals surface area (Å²) in [5.74, 6) is 0.719. The van der Waals surface area contributed by atoms with E-state index in [0.717, 1.165) is 17.6 Å². The van der Waals surface area contributed by atoms with Gasteiger partial charge in [-0.3, -0.25) is 24.2 Å². The normalized spacial score (nSPS) is 15.5. The summed E-state index contributed by atoms with van der Waals surface area (Å²) in [5.41, 5.74) is 3.21. The Labute approximate surface area is 174 Å². The first-order valence-corrected chi connectivity index (χ1v) is 10.1. The minimum Gasteiger partial charge on any atom is -0.489 e. The van der Waals surface area contributed by atoms with Gasteiger partial charge in [-0.1, -0.05) is 12.2 Å². The molecule has 0 bridgehead atoms. The number of imidazole rings is 1. The van der Waals surface area contributed by atoms with Crippen LogP contribution in [-0.2, 0) is 6.54 Å². The lowest BCUT2D eigenvalue weighted by Crippen LogP contribution is -2.25. The van der Waals surface area contributed by atoms with Gasteiger partial charge in [-0.15, -0.1) is 0 Å². The number of aryl methyl sites for hydroxylation is 2. The van der Waals surface area contributed by atoms with Crippen LogP contribution < -0.4 is 10.1 Å². The van der Waals surface area contributed by atoms with Crippen LogP contribution in [0.25, 0.3) is 11.0 Å². The molecule has 8 heteroatoms. The van der Waals surface area contributed by atoms with E-state index in [1.54, 1.807) is 22.9 Å². The Balaban J connectivity index is 1.82. The second-order valence-electron chi connectivity index (χ2n) is 7.41. The number of amides is 1. The van der Waals surface area contributed by atoms with E-state index in [-0.39, 0.29) is 17.7 Å². The second kappa shape index (κ2) is 7.78. The van der Waals surface area contributed by atoms with Crippen molar-refractivity contribution in [3.8, 4) is 5.75 Å². The number of hydrogen-bond donors (Lipinski definition) is 1. The summed E-state index contributed by atoms with van der Waals surface area (Å²) in [4.78, 5) is 29.6. The molecule has 8 nitrogen and oxygen atoms in total. The van der Waals surface area contributed by atoms with Crippen molar-refractivity contribution in [2.75, 3.05) is 11.9 Å². The smallest absolute Gasteiger partial charge is 0.276 e. The van der Waals surface area contributed by atoms with Crippen LogP contribution in [-0.4, -0.2) is 37.6 Å². The summed E-state index contributed by atoms with van der Waals surface area (Å²) in [6.45, 7) is 8.31. The molecule has 1 atom stereocenters. The molecule has 0 fully saturated rings. The van der Waals surface area contributed by atoms with Crippen LogP contribution in [0.2, 0.25) is 0 Å². The fourth-order valence-electron chi connectivity index (χ4n) is 3.81. The van der Waals surface area contributed by atoms with Crippen molar-refractivity contribution in [3.63, 3.8) is 0 Å². The van der Waals surface area contributed by atoms with E-state index in [2.05, 4.69) is 21.5 Å². The van der Waals surface area contributed by atoms with Crippen LogP contribution in [0.15, 0.2) is 30.4 Å². The van der Waals surface area contributed by atoms with Gasteiger partial charge in [0.2, 0.25) is 5.95 Å². The number of ketones is 1. The van der Waals surface area contributed by atoms with Crippen LogP contribution in [0, 0.1) is 6.92 Å². The summed E-state index contributed by atoms with van der Waals surface area (Å²) in [6.07, 6.45) is 4.80. The third kappa shape index (κ3) is 3.38. The first-order chi connectivity index (χ1) is 14.4. The molecule has 1 unspecified atom stereocenters. The molecule has 1 N–H and O–H groups in total. The zero-order chi connectivity index (χ0) is 21.4. The molecule has 4 rings (SSSR count). The first kappa shape index (κ1) is 19.9. The van der Waals surface area contributed by atoms with Gasteiger partial charge < -0.3 is 4.74 Å². The second-order valence-corrected chi connectivity index (χ2v) is 7.41. The van der Waals surface area contributed by atoms with Crippen molar-refractivity contribution in [2.45, 2.75) is 46.7 Å². The van der Waals surface area contributed by atoms with Gasteiger partial charge in [0.15, 0.2) is 5.78 Å². The number of nitrogens with zero attached hydrogens (tertiary/aromatic N) is 4. The van der Waals surface area contributed by atoms with Crippen molar-refractivity contribution >= 4 is 28.7 Å². The maximum Gasteiger partial charge on any atom is 0.276 e. The number of hydrogen-bond acceptors (Lipinski definition) is 5. The van der Waals surface area contributed by atoms with Crippen LogP contribution in [0.1, 0.15) is 59.8 Å². The number of aromatic nitrogens is 4. The van der Waals surface area contributed by atoms with Gasteiger partial charge in [0.1, 0.15) is 23.6 Å². The predicted octanol–water partition coefficient (Wildman–Crippen LogP) is 3.92. The van der Waals surface area contributed by atoms with E-state index in [1.807, 2.05) is 31.4 Å². The molecule has 0 spiro atoms. The molecule has 1 aliphatic rings. The number of Topliss-reactive ketones (excluding diaryl/α,β-unsaturated/α-hetero) is 1. The summed E-state index contributed by atoms with van der Waals surface area (Å²) < 4.78 is 9.64. The largest absolute Gasteiger partial charge is 0.489 e. The SMILES string of the molecule is CC=CCC1COc2cc(C(C)=O)cc3nc(NC(=O)c4cc(C)nn4CC)n1c23. The lowest BCUT2D eigenvalue weighted by atomic mass is 10.1. The Morgan fingerprint density at radius 1 is 1.33 bits per heavy atom. The summed E-state index contributed by atoms with van der Waals surface area (Å²) >= 11 is 0. The highest BCUT2D eigenvalue weighted by molar-refractivity contribution is 6.04. The van der Waals surface area contributed by atoms with Gasteiger partial charge in [0.05, 0.1) is 17.3 Å². The standard InChI is InChI=1S/C22H25N5O3/c1-5-7-8-16-12-30-19-11-15(14(4)28)10-17-20(19)27(16)22(23-17)24-21(29)18-9-13(3)25-26(18)6-2/h5,7,9-11,16H,6,8,12H2,1-4H3,(H,23,24,29). The van der Waals surface area contributed by atoms with Crippen LogP contribution >= 0.6 is 0 Å². The lowest BCUT2D eigenvalue weighted by molar-refractivity contribution is 0.100. The number of carbonyl (C=O) groups excluding carboxylic acids is 2. The average Bonchev–Trinajstić information content (AvgIpc) is 3.28. The Morgan fingerprint density at radius 2 is 2.13 bits per heavy atom. The van der Waals surface area contributed by atoms with Crippen LogP contribution in [0.3, 0.4) is 0 Å². The predicted molar refractivity (Wildman–Crippen MR) is 114 cm³/mol. The van der Waals surface area contributed by atoms with Crippen LogP contribution in [0.5, 0.6) is 5.75 Å². The van der Waals surface area contributed by atoms with E-state index in [1.165, 1.54) is 6.92 Å². The molecule has 156 valence electrons. The number of rotatable bonds is 6. The van der Waals surface area contributed by atoms with E-state index in [0.29, 0.717) is 41.6 Å². The molecule has 0 saturated heterocycles. The van der Waals surface area contributed by atoms with Crippen molar-refractivity contribution in [1.82, 2.24) is 19.3 Å². The maximum absolute atomic E-state index is 13.0. The molecular weight excluding hydrogens is 382 g/mol. The molecule has 2 aromatic heterocycles. The van der Waals surface area contributed by atoms with Gasteiger partial charge in [0.25, 0.3) is 5.91 Å². The molecule has 0 radical (unpaired) electrons. The van der Waals surface area contributed by atoms with E-state index >= 15 is 0 Å². The van der Waals surface area contributed by atoms with Crippen LogP contribution in [0.4, 0.5) is 5.95 Å². The highest BCUT2D eigenvalue weighted by Gasteiger charge is 2.28. The molecule has 30 heavy (non-hydrogen) atoms. The van der Waals surface area contributed by atoms with Gasteiger partial charge in [0, 0.05) is 12.1 Å². The Hall–Kier alpha value is -3.42. The number of nitrogens with one attached hydrogen (secondary N) is 1. The topological polar surface area (TPSA) is 91.0 Å². The zero-order valence-corrected chi connectivity index (χ0v) is 17.6. The van der Waals surface area contributed by atoms with E-state index in [9.17, 15) is 9.59 Å². The number of carbonyl (C=O) groups is 2. The number of ether oxygens (including phenoxy) is 1. The third-order valence-corrected chi connectivity index (χ3v) is 5.26. The number of benzene rings is 1. The molecule has 1 aromatic carbocycles. The minimum absolute atomic E-state index is 0.0185. The minimum atomic E-state index is -0.270. The summed E-state index contributed by atoms with van der Waals surface area (Å²) in [6, 6.07) is 5.23. The third-order valence-electron chi connectivity index (χ3n) is 5.26. The van der Waals surface area contributed by atoms with E-state index in [4.69, 9.17) is 4.74 Å². The zero-order valence-electron chi connectivity index (χ0n) is 17.6. The van der Waals surface area contributed by atoms with Crippen molar-refractivity contribution in [3.05, 3.63) is 47.3 Å². The fraction of sp³-hybridized carbons (Fsp3) is 0.364. The molecule has 3 aromatic rings. The van der Waals surface area contributed by atoms with Gasteiger partial charge >= 0.3 is 0 Å². The quantitative estimate of drug-likeness (QED) is 0.494. The Morgan fingerprint density at radius 3 is 2.83 bits per heavy atom. The molecular formula is C22H25N5O3. The highest BCUT2D eigenvalue weighted by atomic mass is 16.5. The summed E-state index contributed by atoms with van der Waals surface area (Å²) in [7, 11) is 0. The maximum atomic E-state index is 13.0. The van der Waals surface area contributed by atoms with Gasteiger partial charge in [-0.05, 0) is 52.3 Å². The van der Waals surface area contributed by atoms with E-state index < -0.39 is 0 Å². The monoisotopic (exact) mass is 407 g/mol. The average molecular weight is 407 g/mol. The molecule has 1 aliphatic heterocycles. The summed E-state index contributed by atoms with van der Waals surface area (Å²) in [5, 5.41) is 7.31. The lowest BCUT2D eigenvalue weighted by Gasteiger charge is -2.26. The van der Waals surface area contributed by atoms with Crippen molar-refractivity contribution in [1.29, 1.82) is 0 Å². The highest BCUT2D eigenvalue weighted by Crippen LogP contribution is 2.38. The fourth-order valence-corrected chi connectivity index (χ4v) is 3.81. The van der Waals surface area contributed by atoms with Gasteiger partial charge in [-0.2, -0.15) is 5.10 Å². The molecule has 1 amide bonds. The molecule has 0 aliphatic carbocycles. The van der Waals surface area contributed by atoms with Crippen molar-refractivity contribution in [2.24, 2.45) is 0 Å². The first-order valence-electron chi connectivity index (χ1n) is 10.1. The Bertz CT molecular complexity index is 1170. The molecule has 0 saturated carbocycles.